The highest BCUT2D eigenvalue weighted by Crippen LogP contribution is 2.26. The summed E-state index contributed by atoms with van der Waals surface area (Å²) in [6, 6.07) is 14.5. The molecule has 2 heteroatoms. The van der Waals surface area contributed by atoms with Gasteiger partial charge in [0.25, 0.3) is 0 Å². The van der Waals surface area contributed by atoms with Crippen LogP contribution in [-0.4, -0.2) is 6.61 Å². The molecule has 0 spiro atoms. The monoisotopic (exact) mass is 225 g/mol. The van der Waals surface area contributed by atoms with E-state index in [0.29, 0.717) is 0 Å². The van der Waals surface area contributed by atoms with Crippen LogP contribution in [0.4, 0.5) is 0 Å². The predicted molar refractivity (Wildman–Crippen MR) is 69.5 cm³/mol. The molecule has 1 heterocycles. The van der Waals surface area contributed by atoms with Crippen molar-refractivity contribution in [1.82, 2.24) is 0 Å². The second-order valence-electron chi connectivity index (χ2n) is 4.33. The van der Waals surface area contributed by atoms with Gasteiger partial charge in [-0.05, 0) is 28.5 Å². The van der Waals surface area contributed by atoms with E-state index < -0.39 is 0 Å². The van der Waals surface area contributed by atoms with E-state index in [-0.39, 0.29) is 6.04 Å². The molecule has 0 saturated carbocycles. The summed E-state index contributed by atoms with van der Waals surface area (Å²) < 4.78 is 5.52. The Labute approximate surface area is 101 Å². The van der Waals surface area contributed by atoms with Crippen LogP contribution in [0.15, 0.2) is 54.3 Å². The summed E-state index contributed by atoms with van der Waals surface area (Å²) in [6.45, 7) is 0.761. The van der Waals surface area contributed by atoms with Crippen LogP contribution < -0.4 is 5.73 Å². The van der Waals surface area contributed by atoms with E-state index in [1.807, 2.05) is 12.1 Å². The molecule has 0 radical (unpaired) electrons. The predicted octanol–water partition coefficient (Wildman–Crippen LogP) is 3.14. The van der Waals surface area contributed by atoms with Gasteiger partial charge in [-0.2, -0.15) is 0 Å². The van der Waals surface area contributed by atoms with E-state index in [2.05, 4.69) is 36.4 Å². The fourth-order valence-corrected chi connectivity index (χ4v) is 2.22. The summed E-state index contributed by atoms with van der Waals surface area (Å²) in [6.07, 6.45) is 3.05. The van der Waals surface area contributed by atoms with Crippen LogP contribution in [0.2, 0.25) is 0 Å². The number of rotatable bonds is 2. The van der Waals surface area contributed by atoms with Gasteiger partial charge < -0.3 is 10.5 Å². The van der Waals surface area contributed by atoms with Gasteiger partial charge in [0.2, 0.25) is 0 Å². The summed E-state index contributed by atoms with van der Waals surface area (Å²) in [4.78, 5) is 0. The van der Waals surface area contributed by atoms with Crippen LogP contribution in [0.3, 0.4) is 0 Å². The number of hydrogen-bond donors (Lipinski definition) is 1. The standard InChI is InChI=1S/C15H15NO/c16-15(14-6-3-9-17-14)13-8-7-11-4-1-2-5-12(11)10-13/h1-2,4-8,10,15H,3,9,16H2. The molecule has 1 aliphatic rings. The van der Waals surface area contributed by atoms with Crippen LogP contribution in [0.5, 0.6) is 0 Å². The normalized spacial score (nSPS) is 16.6. The summed E-state index contributed by atoms with van der Waals surface area (Å²) in [5.74, 6) is 0.903. The Morgan fingerprint density at radius 2 is 1.88 bits per heavy atom. The van der Waals surface area contributed by atoms with Crippen LogP contribution in [0, 0.1) is 0 Å². The molecular weight excluding hydrogens is 210 g/mol. The molecule has 3 rings (SSSR count). The Hall–Kier alpha value is -1.80. The smallest absolute Gasteiger partial charge is 0.113 e. The maximum absolute atomic E-state index is 6.20. The van der Waals surface area contributed by atoms with Crippen molar-refractivity contribution in [3.05, 3.63) is 59.9 Å². The number of nitrogens with two attached hydrogens (primary N) is 1. The molecule has 0 fully saturated rings. The average molecular weight is 225 g/mol. The first-order chi connectivity index (χ1) is 8.34. The molecule has 2 N–H and O–H groups in total. The second kappa shape index (κ2) is 4.22. The Morgan fingerprint density at radius 1 is 1.06 bits per heavy atom. The van der Waals surface area contributed by atoms with Gasteiger partial charge in [0.1, 0.15) is 5.76 Å². The minimum Gasteiger partial charge on any atom is -0.496 e. The third-order valence-corrected chi connectivity index (χ3v) is 3.17. The van der Waals surface area contributed by atoms with E-state index in [1.165, 1.54) is 10.8 Å². The highest BCUT2D eigenvalue weighted by Gasteiger charge is 2.16. The molecule has 86 valence electrons. The zero-order chi connectivity index (χ0) is 11.7. The van der Waals surface area contributed by atoms with Gasteiger partial charge in [-0.25, -0.2) is 0 Å². The van der Waals surface area contributed by atoms with Gasteiger partial charge in [-0.1, -0.05) is 36.4 Å². The summed E-state index contributed by atoms with van der Waals surface area (Å²) >= 11 is 0. The highest BCUT2D eigenvalue weighted by molar-refractivity contribution is 5.83. The van der Waals surface area contributed by atoms with E-state index in [9.17, 15) is 0 Å². The molecule has 0 bridgehead atoms. The van der Waals surface area contributed by atoms with Gasteiger partial charge >= 0.3 is 0 Å². The number of fused-ring (bicyclic) bond motifs is 1. The van der Waals surface area contributed by atoms with Crippen LogP contribution in [-0.2, 0) is 4.74 Å². The molecule has 17 heavy (non-hydrogen) atoms. The maximum Gasteiger partial charge on any atom is 0.113 e. The Kier molecular flexibility index (Phi) is 2.57. The molecule has 0 saturated heterocycles. The van der Waals surface area contributed by atoms with Gasteiger partial charge in [-0.3, -0.25) is 0 Å². The molecule has 2 aromatic carbocycles. The third-order valence-electron chi connectivity index (χ3n) is 3.17. The first kappa shape index (κ1) is 10.4. The molecule has 1 aliphatic heterocycles. The summed E-state index contributed by atoms with van der Waals surface area (Å²) in [5.41, 5.74) is 7.31. The molecule has 0 aliphatic carbocycles. The molecule has 2 aromatic rings. The van der Waals surface area contributed by atoms with E-state index in [1.54, 1.807) is 0 Å². The van der Waals surface area contributed by atoms with Gasteiger partial charge in [-0.15, -0.1) is 0 Å². The SMILES string of the molecule is NC(C1=CCCO1)c1ccc2ccccc2c1. The third kappa shape index (κ3) is 1.92. The average Bonchev–Trinajstić information content (AvgIpc) is 2.91. The highest BCUT2D eigenvalue weighted by atomic mass is 16.5. The second-order valence-corrected chi connectivity index (χ2v) is 4.33. The quantitative estimate of drug-likeness (QED) is 0.852. The van der Waals surface area contributed by atoms with Crippen molar-refractivity contribution >= 4 is 10.8 Å². The number of benzene rings is 2. The van der Waals surface area contributed by atoms with Crippen LogP contribution in [0.25, 0.3) is 10.8 Å². The molecular formula is C15H15NO. The zero-order valence-corrected chi connectivity index (χ0v) is 9.60. The van der Waals surface area contributed by atoms with Crippen molar-refractivity contribution in [3.8, 4) is 0 Å². The van der Waals surface area contributed by atoms with Gasteiger partial charge in [0, 0.05) is 6.42 Å². The van der Waals surface area contributed by atoms with Crippen LogP contribution >= 0.6 is 0 Å². The largest absolute Gasteiger partial charge is 0.496 e. The Bertz CT molecular complexity index is 574. The Morgan fingerprint density at radius 3 is 2.65 bits per heavy atom. The molecule has 2 nitrogen and oxygen atoms in total. The fourth-order valence-electron chi connectivity index (χ4n) is 2.22. The lowest BCUT2D eigenvalue weighted by atomic mass is 10.0. The lowest BCUT2D eigenvalue weighted by molar-refractivity contribution is 0.225. The summed E-state index contributed by atoms with van der Waals surface area (Å²) in [5, 5.41) is 2.46. The minimum absolute atomic E-state index is 0.137. The van der Waals surface area contributed by atoms with Crippen molar-refractivity contribution in [2.45, 2.75) is 12.5 Å². The molecule has 1 atom stereocenters. The minimum atomic E-state index is -0.137. The van der Waals surface area contributed by atoms with E-state index >= 15 is 0 Å². The van der Waals surface area contributed by atoms with Crippen molar-refractivity contribution < 1.29 is 4.74 Å². The van der Waals surface area contributed by atoms with E-state index in [4.69, 9.17) is 10.5 Å². The van der Waals surface area contributed by atoms with Crippen molar-refractivity contribution in [2.75, 3.05) is 6.61 Å². The first-order valence-corrected chi connectivity index (χ1v) is 5.92. The number of hydrogen-bond acceptors (Lipinski definition) is 2. The molecule has 1 unspecified atom stereocenters. The first-order valence-electron chi connectivity index (χ1n) is 5.92. The lowest BCUT2D eigenvalue weighted by Crippen LogP contribution is -2.13. The molecule has 0 amide bonds. The Balaban J connectivity index is 2.00. The zero-order valence-electron chi connectivity index (χ0n) is 9.60. The summed E-state index contributed by atoms with van der Waals surface area (Å²) in [7, 11) is 0. The van der Waals surface area contributed by atoms with Crippen LogP contribution in [0.1, 0.15) is 18.0 Å². The lowest BCUT2D eigenvalue weighted by Gasteiger charge is -2.14. The molecule has 0 aromatic heterocycles. The maximum atomic E-state index is 6.20. The fraction of sp³-hybridized carbons (Fsp3) is 0.200. The van der Waals surface area contributed by atoms with Crippen molar-refractivity contribution in [3.63, 3.8) is 0 Å². The number of ether oxygens (including phenoxy) is 1. The van der Waals surface area contributed by atoms with E-state index in [0.717, 1.165) is 24.4 Å². The van der Waals surface area contributed by atoms with Gasteiger partial charge in [0.05, 0.1) is 12.6 Å². The van der Waals surface area contributed by atoms with Gasteiger partial charge in [0.15, 0.2) is 0 Å². The van der Waals surface area contributed by atoms with Crippen molar-refractivity contribution in [2.24, 2.45) is 5.73 Å². The topological polar surface area (TPSA) is 35.2 Å². The van der Waals surface area contributed by atoms with Crippen molar-refractivity contribution in [1.29, 1.82) is 0 Å².